The number of nitrogens with zero attached hydrogens (tertiary/aromatic N) is 6. The van der Waals surface area contributed by atoms with Crippen molar-refractivity contribution in [2.75, 3.05) is 30.0 Å². The van der Waals surface area contributed by atoms with Crippen molar-refractivity contribution in [3.63, 3.8) is 0 Å². The van der Waals surface area contributed by atoms with Crippen LogP contribution in [-0.2, 0) is 23.7 Å². The molecule has 0 saturated carbocycles. The highest BCUT2D eigenvalue weighted by atomic mass is 35.5. The second-order valence-electron chi connectivity index (χ2n) is 13.7. The molecule has 0 aliphatic carbocycles. The standard InChI is InChI=1S/C33H38Cl2F3N7O2Si/c1-32(2,3)48(5,6)47-22-11-12-43(18-22)30-15-27(31-39-16-28(33(36,37)38)45(31)42-30)44(17-20-7-9-21(46-4)10-8-20)19-29-40-25-13-23(34)24(35)14-26(25)41-29/h7-10,13-16,22H,11-12,17-19H2,1-6H3,(H,40,41)/t22-/m0/s1. The first-order chi connectivity index (χ1) is 22.5. The summed E-state index contributed by atoms with van der Waals surface area (Å²) in [6.07, 6.45) is -3.14. The highest BCUT2D eigenvalue weighted by Gasteiger charge is 2.41. The third-order valence-corrected chi connectivity index (χ3v) is 14.5. The highest BCUT2D eigenvalue weighted by Crippen LogP contribution is 2.40. The number of imidazole rings is 2. The molecule has 5 aromatic rings. The van der Waals surface area contributed by atoms with Gasteiger partial charge in [0.1, 0.15) is 11.6 Å². The first kappa shape index (κ1) is 34.3. The molecule has 1 atom stereocenters. The van der Waals surface area contributed by atoms with Crippen LogP contribution in [0.3, 0.4) is 0 Å². The molecule has 0 bridgehead atoms. The maximum absolute atomic E-state index is 14.3. The molecule has 1 aliphatic rings. The number of hydrogen-bond donors (Lipinski definition) is 1. The predicted octanol–water partition coefficient (Wildman–Crippen LogP) is 8.75. The lowest BCUT2D eigenvalue weighted by atomic mass is 10.2. The summed E-state index contributed by atoms with van der Waals surface area (Å²) in [4.78, 5) is 16.2. The number of rotatable bonds is 9. The Labute approximate surface area is 288 Å². The van der Waals surface area contributed by atoms with Crippen LogP contribution in [0.25, 0.3) is 16.7 Å². The molecule has 0 amide bonds. The Bertz CT molecular complexity index is 1900. The van der Waals surface area contributed by atoms with E-state index < -0.39 is 20.2 Å². The zero-order chi connectivity index (χ0) is 34.6. The fourth-order valence-corrected chi connectivity index (χ4v) is 7.34. The van der Waals surface area contributed by atoms with Crippen LogP contribution >= 0.6 is 23.2 Å². The SMILES string of the molecule is COc1ccc(CN(Cc2nc3cc(Cl)c(Cl)cc3[nH]2)c2cc(N3CC[C@H](O[Si](C)(C)C(C)(C)C)C3)nn3c(C(F)(F)F)cnc23)cc1. The summed E-state index contributed by atoms with van der Waals surface area (Å²) in [6, 6.07) is 12.7. The second-order valence-corrected chi connectivity index (χ2v) is 19.2. The molecule has 0 spiro atoms. The third kappa shape index (κ3) is 6.96. The van der Waals surface area contributed by atoms with Gasteiger partial charge in [-0.15, -0.1) is 5.10 Å². The summed E-state index contributed by atoms with van der Waals surface area (Å²) in [7, 11) is -0.475. The molecule has 48 heavy (non-hydrogen) atoms. The van der Waals surface area contributed by atoms with Crippen molar-refractivity contribution >= 4 is 59.7 Å². The van der Waals surface area contributed by atoms with Crippen LogP contribution in [-0.4, -0.2) is 59.2 Å². The van der Waals surface area contributed by atoms with E-state index in [1.807, 2.05) is 40.1 Å². The number of H-pyrrole nitrogens is 1. The number of nitrogens with one attached hydrogen (secondary N) is 1. The number of methoxy groups -OCH3 is 1. The number of fused-ring (bicyclic) bond motifs is 2. The van der Waals surface area contributed by atoms with Crippen molar-refractivity contribution < 1.29 is 22.3 Å². The van der Waals surface area contributed by atoms with Crippen LogP contribution in [0, 0.1) is 0 Å². The molecule has 1 saturated heterocycles. The molecular weight excluding hydrogens is 682 g/mol. The fraction of sp³-hybridized carbons (Fsp3) is 0.424. The van der Waals surface area contributed by atoms with Crippen LogP contribution in [0.15, 0.2) is 48.7 Å². The van der Waals surface area contributed by atoms with Crippen molar-refractivity contribution in [2.45, 2.75) is 70.7 Å². The lowest BCUT2D eigenvalue weighted by Crippen LogP contribution is -2.44. The summed E-state index contributed by atoms with van der Waals surface area (Å²) >= 11 is 12.5. The van der Waals surface area contributed by atoms with Gasteiger partial charge in [0.05, 0.1) is 52.7 Å². The van der Waals surface area contributed by atoms with Gasteiger partial charge in [-0.25, -0.2) is 14.5 Å². The van der Waals surface area contributed by atoms with Crippen LogP contribution in [0.4, 0.5) is 24.7 Å². The second kappa shape index (κ2) is 12.7. The molecule has 0 radical (unpaired) electrons. The Balaban J connectivity index is 1.43. The van der Waals surface area contributed by atoms with Crippen molar-refractivity contribution in [3.8, 4) is 5.75 Å². The van der Waals surface area contributed by atoms with Gasteiger partial charge in [-0.1, -0.05) is 56.1 Å². The number of aromatic nitrogens is 5. The number of aromatic amines is 1. The molecule has 9 nitrogen and oxygen atoms in total. The normalized spacial score (nSPS) is 16.0. The molecule has 4 heterocycles. The van der Waals surface area contributed by atoms with E-state index in [0.29, 0.717) is 63.8 Å². The van der Waals surface area contributed by atoms with Crippen molar-refractivity contribution in [2.24, 2.45) is 0 Å². The number of benzene rings is 2. The van der Waals surface area contributed by atoms with Gasteiger partial charge >= 0.3 is 6.18 Å². The topological polar surface area (TPSA) is 83.8 Å². The average molecular weight is 721 g/mol. The zero-order valence-electron chi connectivity index (χ0n) is 27.6. The van der Waals surface area contributed by atoms with Crippen LogP contribution in [0.1, 0.15) is 44.3 Å². The van der Waals surface area contributed by atoms with Crippen LogP contribution in [0.2, 0.25) is 28.2 Å². The van der Waals surface area contributed by atoms with Gasteiger partial charge in [0, 0.05) is 25.7 Å². The molecular formula is C33H38Cl2F3N7O2Si. The summed E-state index contributed by atoms with van der Waals surface area (Å²) in [5.41, 5.74) is 1.81. The van der Waals surface area contributed by atoms with Gasteiger partial charge in [-0.05, 0) is 54.4 Å². The van der Waals surface area contributed by atoms with Gasteiger partial charge in [0.2, 0.25) is 0 Å². The Morgan fingerprint density at radius 1 is 1.04 bits per heavy atom. The molecule has 0 unspecified atom stereocenters. The predicted molar refractivity (Wildman–Crippen MR) is 186 cm³/mol. The molecule has 15 heteroatoms. The first-order valence-corrected chi connectivity index (χ1v) is 19.3. The largest absolute Gasteiger partial charge is 0.497 e. The van der Waals surface area contributed by atoms with Crippen molar-refractivity contribution in [1.82, 2.24) is 24.6 Å². The summed E-state index contributed by atoms with van der Waals surface area (Å²) in [6.45, 7) is 12.6. The number of anilines is 2. The molecule has 256 valence electrons. The van der Waals surface area contributed by atoms with E-state index in [-0.39, 0.29) is 23.3 Å². The minimum absolute atomic E-state index is 0.0262. The van der Waals surface area contributed by atoms with Gasteiger partial charge in [0.25, 0.3) is 0 Å². The van der Waals surface area contributed by atoms with E-state index in [9.17, 15) is 13.2 Å². The fourth-order valence-electron chi connectivity index (χ4n) is 5.64. The maximum atomic E-state index is 14.3. The Morgan fingerprint density at radius 2 is 1.75 bits per heavy atom. The highest BCUT2D eigenvalue weighted by molar-refractivity contribution is 6.74. The van der Waals surface area contributed by atoms with E-state index in [4.69, 9.17) is 37.3 Å². The van der Waals surface area contributed by atoms with E-state index in [1.54, 1.807) is 19.2 Å². The van der Waals surface area contributed by atoms with Crippen molar-refractivity contribution in [3.05, 3.63) is 75.8 Å². The van der Waals surface area contributed by atoms with E-state index >= 15 is 0 Å². The van der Waals surface area contributed by atoms with Gasteiger partial charge in [0.15, 0.2) is 25.5 Å². The summed E-state index contributed by atoms with van der Waals surface area (Å²) in [5.74, 6) is 1.67. The molecule has 2 aromatic carbocycles. The van der Waals surface area contributed by atoms with Gasteiger partial charge in [-0.2, -0.15) is 13.2 Å². The molecule has 1 N–H and O–H groups in total. The van der Waals surface area contributed by atoms with Gasteiger partial charge < -0.3 is 23.9 Å². The molecule has 1 aliphatic heterocycles. The van der Waals surface area contributed by atoms with E-state index in [2.05, 4.69) is 48.9 Å². The average Bonchev–Trinajstić information content (AvgIpc) is 3.74. The molecule has 1 fully saturated rings. The lowest BCUT2D eigenvalue weighted by molar-refractivity contribution is -0.142. The number of hydrogen-bond acceptors (Lipinski definition) is 7. The Hall–Kier alpha value is -3.52. The van der Waals surface area contributed by atoms with Gasteiger partial charge in [-0.3, -0.25) is 0 Å². The maximum Gasteiger partial charge on any atom is 0.435 e. The Kier molecular flexibility index (Phi) is 9.11. The number of ether oxygens (including phenoxy) is 1. The monoisotopic (exact) mass is 719 g/mol. The minimum Gasteiger partial charge on any atom is -0.497 e. The minimum atomic E-state index is -4.67. The first-order valence-electron chi connectivity index (χ1n) is 15.6. The summed E-state index contributed by atoms with van der Waals surface area (Å²) in [5, 5.41) is 5.30. The zero-order valence-corrected chi connectivity index (χ0v) is 30.1. The summed E-state index contributed by atoms with van der Waals surface area (Å²) < 4.78 is 55.9. The number of alkyl halides is 3. The van der Waals surface area contributed by atoms with E-state index in [1.165, 1.54) is 0 Å². The van der Waals surface area contributed by atoms with Crippen molar-refractivity contribution in [1.29, 1.82) is 0 Å². The lowest BCUT2D eigenvalue weighted by Gasteiger charge is -2.38. The quantitative estimate of drug-likeness (QED) is 0.153. The molecule has 3 aromatic heterocycles. The third-order valence-electron chi connectivity index (χ3n) is 9.25. The van der Waals surface area contributed by atoms with Crippen LogP contribution in [0.5, 0.6) is 5.75 Å². The Morgan fingerprint density at radius 3 is 2.42 bits per heavy atom. The van der Waals surface area contributed by atoms with Crippen LogP contribution < -0.4 is 14.5 Å². The van der Waals surface area contributed by atoms with E-state index in [0.717, 1.165) is 22.7 Å². The smallest absolute Gasteiger partial charge is 0.435 e. The molecule has 6 rings (SSSR count). The number of halogens is 5.